The Hall–Kier alpha value is -3.12. The fourth-order valence-corrected chi connectivity index (χ4v) is 4.77. The van der Waals surface area contributed by atoms with Crippen molar-refractivity contribution in [2.24, 2.45) is 0 Å². The predicted octanol–water partition coefficient (Wildman–Crippen LogP) is 5.84. The van der Waals surface area contributed by atoms with Gasteiger partial charge in [-0.25, -0.2) is 0 Å². The number of rotatable bonds is 10. The third kappa shape index (κ3) is 6.24. The van der Waals surface area contributed by atoms with E-state index in [0.717, 1.165) is 36.2 Å². The van der Waals surface area contributed by atoms with E-state index in [9.17, 15) is 14.7 Å². The van der Waals surface area contributed by atoms with Gasteiger partial charge in [-0.05, 0) is 66.7 Å². The number of ether oxygens (including phenoxy) is 1. The number of benzene rings is 2. The van der Waals surface area contributed by atoms with Gasteiger partial charge in [-0.3, -0.25) is 9.59 Å². The summed E-state index contributed by atoms with van der Waals surface area (Å²) in [6, 6.07) is 12.8. The van der Waals surface area contributed by atoms with Crippen molar-refractivity contribution in [1.82, 2.24) is 9.80 Å². The molecule has 1 amide bonds. The van der Waals surface area contributed by atoms with Crippen LogP contribution in [0.5, 0.6) is 5.75 Å². The van der Waals surface area contributed by atoms with Gasteiger partial charge in [-0.2, -0.15) is 0 Å². The normalized spacial score (nSPS) is 17.6. The zero-order valence-corrected chi connectivity index (χ0v) is 23.4. The second-order valence-corrected chi connectivity index (χ2v) is 10.7. The van der Waals surface area contributed by atoms with Crippen LogP contribution in [0, 0.1) is 6.92 Å². The maximum atomic E-state index is 13.4. The third-order valence-electron chi connectivity index (χ3n) is 7.11. The fraction of sp³-hybridized carbons (Fsp3) is 0.484. The van der Waals surface area contributed by atoms with Gasteiger partial charge in [0.25, 0.3) is 11.7 Å². The number of amides is 1. The van der Waals surface area contributed by atoms with Crippen LogP contribution in [0.1, 0.15) is 76.3 Å². The summed E-state index contributed by atoms with van der Waals surface area (Å²) < 4.78 is 5.72. The Labute approximate surface area is 221 Å². The van der Waals surface area contributed by atoms with Crippen molar-refractivity contribution in [1.29, 1.82) is 0 Å². The van der Waals surface area contributed by atoms with E-state index in [0.29, 0.717) is 31.0 Å². The lowest BCUT2D eigenvalue weighted by molar-refractivity contribution is -0.140. The van der Waals surface area contributed by atoms with E-state index in [1.807, 2.05) is 44.2 Å². The number of aryl methyl sites for hydroxylation is 1. The zero-order chi connectivity index (χ0) is 27.3. The lowest BCUT2D eigenvalue weighted by Gasteiger charge is -2.29. The van der Waals surface area contributed by atoms with E-state index in [1.54, 1.807) is 17.0 Å². The Morgan fingerprint density at radius 3 is 2.22 bits per heavy atom. The van der Waals surface area contributed by atoms with Crippen LogP contribution in [0.4, 0.5) is 0 Å². The lowest BCUT2D eigenvalue weighted by Crippen LogP contribution is -2.38. The highest BCUT2D eigenvalue weighted by Crippen LogP contribution is 2.40. The van der Waals surface area contributed by atoms with E-state index in [-0.39, 0.29) is 16.7 Å². The first-order valence-electron chi connectivity index (χ1n) is 13.4. The van der Waals surface area contributed by atoms with Crippen LogP contribution in [0.25, 0.3) is 5.76 Å². The summed E-state index contributed by atoms with van der Waals surface area (Å²) in [6.07, 6.45) is 0.895. The number of likely N-dealkylation sites (tertiary alicyclic amines) is 1. The van der Waals surface area contributed by atoms with Crippen LogP contribution < -0.4 is 4.74 Å². The number of ketones is 1. The Bertz CT molecular complexity index is 1140. The van der Waals surface area contributed by atoms with Crippen LogP contribution in [0.3, 0.4) is 0 Å². The number of aliphatic hydroxyl groups is 1. The molecule has 1 fully saturated rings. The summed E-state index contributed by atoms with van der Waals surface area (Å²) in [6.45, 7) is 17.9. The van der Waals surface area contributed by atoms with Crippen molar-refractivity contribution in [2.75, 3.05) is 32.8 Å². The number of nitrogens with zero attached hydrogens (tertiary/aromatic N) is 2. The molecular formula is C31H42N2O4. The molecule has 37 heavy (non-hydrogen) atoms. The lowest BCUT2D eigenvalue weighted by atomic mass is 9.85. The topological polar surface area (TPSA) is 70.1 Å². The molecule has 1 aliphatic heterocycles. The molecule has 200 valence electrons. The Morgan fingerprint density at radius 2 is 1.68 bits per heavy atom. The van der Waals surface area contributed by atoms with Crippen molar-refractivity contribution < 1.29 is 19.4 Å². The molecule has 2 aromatic carbocycles. The standard InChI is InChI=1S/C31H42N2O4/c1-8-19-37-24-15-16-25(21(4)20-24)28(34)26-27(22-11-13-23(14-12-22)31(5,6)7)33(30(36)29(26)35)18-17-32(9-2)10-3/h11-16,20,27,34H,8-10,17-19H2,1-7H3/t27-/m1/s1. The van der Waals surface area contributed by atoms with Crippen LogP contribution in [0.15, 0.2) is 48.0 Å². The van der Waals surface area contributed by atoms with Crippen LogP contribution in [0.2, 0.25) is 0 Å². The molecule has 2 aromatic rings. The molecule has 1 saturated heterocycles. The first kappa shape index (κ1) is 28.5. The molecule has 3 rings (SSSR count). The van der Waals surface area contributed by atoms with Gasteiger partial charge in [-0.1, -0.05) is 65.8 Å². The highest BCUT2D eigenvalue weighted by atomic mass is 16.5. The van der Waals surface area contributed by atoms with Crippen molar-refractivity contribution in [3.05, 3.63) is 70.3 Å². The number of carbonyl (C=O) groups is 2. The first-order chi connectivity index (χ1) is 17.5. The van der Waals surface area contributed by atoms with Gasteiger partial charge in [0, 0.05) is 18.7 Å². The molecule has 6 nitrogen and oxygen atoms in total. The Kier molecular flexibility index (Phi) is 9.19. The minimum atomic E-state index is -0.653. The molecule has 1 heterocycles. The van der Waals surface area contributed by atoms with Crippen molar-refractivity contribution in [3.63, 3.8) is 0 Å². The number of carbonyl (C=O) groups excluding carboxylic acids is 2. The zero-order valence-electron chi connectivity index (χ0n) is 23.4. The summed E-state index contributed by atoms with van der Waals surface area (Å²) in [4.78, 5) is 30.5. The number of likely N-dealkylation sites (N-methyl/N-ethyl adjacent to an activating group) is 1. The summed E-state index contributed by atoms with van der Waals surface area (Å²) in [5.74, 6) is -0.648. The molecule has 1 atom stereocenters. The van der Waals surface area contributed by atoms with Gasteiger partial charge in [0.1, 0.15) is 11.5 Å². The quantitative estimate of drug-likeness (QED) is 0.249. The molecule has 6 heteroatoms. The maximum absolute atomic E-state index is 13.4. The van der Waals surface area contributed by atoms with E-state index < -0.39 is 17.7 Å². The van der Waals surface area contributed by atoms with Crippen LogP contribution in [-0.4, -0.2) is 59.4 Å². The average molecular weight is 507 g/mol. The number of hydrogen-bond acceptors (Lipinski definition) is 5. The second-order valence-electron chi connectivity index (χ2n) is 10.7. The minimum Gasteiger partial charge on any atom is -0.507 e. The second kappa shape index (κ2) is 12.0. The van der Waals surface area contributed by atoms with Crippen molar-refractivity contribution >= 4 is 17.4 Å². The Morgan fingerprint density at radius 1 is 1.03 bits per heavy atom. The molecule has 0 saturated carbocycles. The van der Waals surface area contributed by atoms with Crippen molar-refractivity contribution in [2.45, 2.75) is 66.3 Å². The van der Waals surface area contributed by atoms with Gasteiger partial charge < -0.3 is 19.6 Å². The van der Waals surface area contributed by atoms with Gasteiger partial charge in [-0.15, -0.1) is 0 Å². The van der Waals surface area contributed by atoms with Gasteiger partial charge in [0.15, 0.2) is 0 Å². The van der Waals surface area contributed by atoms with Gasteiger partial charge in [0.2, 0.25) is 0 Å². The Balaban J connectivity index is 2.10. The van der Waals surface area contributed by atoms with E-state index >= 15 is 0 Å². The predicted molar refractivity (Wildman–Crippen MR) is 149 cm³/mol. The van der Waals surface area contributed by atoms with E-state index in [4.69, 9.17) is 4.74 Å². The first-order valence-corrected chi connectivity index (χ1v) is 13.4. The summed E-state index contributed by atoms with van der Waals surface area (Å²) in [7, 11) is 0. The molecule has 0 aliphatic carbocycles. The van der Waals surface area contributed by atoms with E-state index in [1.165, 1.54) is 0 Å². The van der Waals surface area contributed by atoms with Gasteiger partial charge >= 0.3 is 0 Å². The average Bonchev–Trinajstić information content (AvgIpc) is 3.12. The number of aliphatic hydroxyl groups excluding tert-OH is 1. The van der Waals surface area contributed by atoms with E-state index in [2.05, 4.69) is 39.5 Å². The highest BCUT2D eigenvalue weighted by Gasteiger charge is 2.46. The summed E-state index contributed by atoms with van der Waals surface area (Å²) in [5.41, 5.74) is 3.40. The fourth-order valence-electron chi connectivity index (χ4n) is 4.77. The third-order valence-corrected chi connectivity index (χ3v) is 7.11. The van der Waals surface area contributed by atoms with Crippen molar-refractivity contribution in [3.8, 4) is 5.75 Å². The molecule has 0 unspecified atom stereocenters. The maximum Gasteiger partial charge on any atom is 0.295 e. The summed E-state index contributed by atoms with van der Waals surface area (Å²) >= 11 is 0. The number of hydrogen-bond donors (Lipinski definition) is 1. The summed E-state index contributed by atoms with van der Waals surface area (Å²) in [5, 5.41) is 11.5. The smallest absolute Gasteiger partial charge is 0.295 e. The monoisotopic (exact) mass is 506 g/mol. The van der Waals surface area contributed by atoms with Crippen LogP contribution in [-0.2, 0) is 15.0 Å². The molecule has 0 bridgehead atoms. The molecular weight excluding hydrogens is 464 g/mol. The van der Waals surface area contributed by atoms with Gasteiger partial charge in [0.05, 0.1) is 18.2 Å². The molecule has 0 radical (unpaired) electrons. The highest BCUT2D eigenvalue weighted by molar-refractivity contribution is 6.46. The molecule has 0 spiro atoms. The van der Waals surface area contributed by atoms with Crippen LogP contribution >= 0.6 is 0 Å². The SMILES string of the molecule is CCCOc1ccc(C(O)=C2C(=O)C(=O)N(CCN(CC)CC)[C@@H]2c2ccc(C(C)(C)C)cc2)c(C)c1. The molecule has 1 N–H and O–H groups in total. The number of Topliss-reactive ketones (excluding diaryl/α,β-unsaturated/α-hetero) is 1. The molecule has 1 aliphatic rings. The largest absolute Gasteiger partial charge is 0.507 e. The minimum absolute atomic E-state index is 0.0260. The molecule has 0 aromatic heterocycles.